The van der Waals surface area contributed by atoms with E-state index in [-0.39, 0.29) is 17.4 Å². The van der Waals surface area contributed by atoms with E-state index in [1.807, 2.05) is 18.2 Å². The summed E-state index contributed by atoms with van der Waals surface area (Å²) >= 11 is 0. The Morgan fingerprint density at radius 1 is 0.925 bits per heavy atom. The molecule has 1 aromatic heterocycles. The largest absolute Gasteiger partial charge is 0.497 e. The highest BCUT2D eigenvalue weighted by molar-refractivity contribution is 7.87. The van der Waals surface area contributed by atoms with Gasteiger partial charge in [-0.05, 0) is 84.0 Å². The van der Waals surface area contributed by atoms with Gasteiger partial charge in [0.2, 0.25) is 5.91 Å². The van der Waals surface area contributed by atoms with E-state index < -0.39 is 21.5 Å². The predicted octanol–water partition coefficient (Wildman–Crippen LogP) is 5.98. The third-order valence-electron chi connectivity index (χ3n) is 13.0. The molecule has 2 amide bonds. The predicted molar refractivity (Wildman–Crippen MR) is 205 cm³/mol. The minimum absolute atomic E-state index is 0.0565. The topological polar surface area (TPSA) is 104 Å². The number of nitrogens with zero attached hydrogens (tertiary/aromatic N) is 4. The van der Waals surface area contributed by atoms with E-state index in [2.05, 4.69) is 61.6 Å². The maximum Gasteiger partial charge on any atom is 0.303 e. The Hall–Kier alpha value is -4.19. The lowest BCUT2D eigenvalue weighted by molar-refractivity contribution is -0.137. The van der Waals surface area contributed by atoms with Gasteiger partial charge in [0.05, 0.1) is 18.2 Å². The van der Waals surface area contributed by atoms with Crippen molar-refractivity contribution in [2.45, 2.75) is 63.5 Å². The van der Waals surface area contributed by atoms with Crippen molar-refractivity contribution < 1.29 is 22.7 Å². The molecule has 2 aliphatic carbocycles. The molecule has 0 radical (unpaired) electrons. The van der Waals surface area contributed by atoms with Crippen molar-refractivity contribution in [3.05, 3.63) is 89.0 Å². The van der Waals surface area contributed by atoms with Gasteiger partial charge >= 0.3 is 10.2 Å². The normalized spacial score (nSPS) is 25.4. The van der Waals surface area contributed by atoms with Crippen molar-refractivity contribution in [3.63, 3.8) is 0 Å². The number of methoxy groups -OCH3 is 1. The Bertz CT molecular complexity index is 2200. The Balaban J connectivity index is 1.11. The minimum Gasteiger partial charge on any atom is -0.497 e. The second kappa shape index (κ2) is 13.0. The zero-order valence-electron chi connectivity index (χ0n) is 30.9. The quantitative estimate of drug-likeness (QED) is 0.239. The van der Waals surface area contributed by atoms with Crippen LogP contribution in [-0.4, -0.2) is 86.3 Å². The van der Waals surface area contributed by atoms with E-state index in [1.54, 1.807) is 13.2 Å². The van der Waals surface area contributed by atoms with Crippen LogP contribution in [0.2, 0.25) is 0 Å². The second-order valence-corrected chi connectivity index (χ2v) is 18.3. The zero-order chi connectivity index (χ0) is 36.6. The maximum atomic E-state index is 15.1. The molecule has 10 nitrogen and oxygen atoms in total. The summed E-state index contributed by atoms with van der Waals surface area (Å²) in [6.07, 6.45) is 6.50. The fraction of sp³-hybridized carbons (Fsp3) is 0.476. The molecule has 0 spiro atoms. The number of carbonyl (C=O) groups excluding carboxylic acids is 2. The number of rotatable bonds is 8. The fourth-order valence-corrected chi connectivity index (χ4v) is 10.8. The van der Waals surface area contributed by atoms with Crippen LogP contribution in [-0.2, 0) is 28.1 Å². The number of nitrogens with one attached hydrogen (secondary N) is 1. The van der Waals surface area contributed by atoms with E-state index in [9.17, 15) is 13.2 Å². The molecule has 2 saturated heterocycles. The number of ether oxygens (including phenoxy) is 1. The fourth-order valence-electron chi connectivity index (χ4n) is 10.2. The van der Waals surface area contributed by atoms with E-state index >= 15 is 4.79 Å². The monoisotopic (exact) mass is 735 g/mol. The zero-order valence-corrected chi connectivity index (χ0v) is 31.7. The second-order valence-electron chi connectivity index (χ2n) is 16.4. The summed E-state index contributed by atoms with van der Waals surface area (Å²) in [7, 11) is 0.507. The van der Waals surface area contributed by atoms with Gasteiger partial charge in [0.1, 0.15) is 5.75 Å². The lowest BCUT2D eigenvalue weighted by atomic mass is 9.81. The minimum atomic E-state index is -3.98. The number of amides is 2. The Morgan fingerprint density at radius 3 is 2.36 bits per heavy atom. The number of carbonyl (C=O) groups is 2. The van der Waals surface area contributed by atoms with Crippen LogP contribution in [0, 0.1) is 17.3 Å². The molecule has 2 unspecified atom stereocenters. The van der Waals surface area contributed by atoms with E-state index in [0.717, 1.165) is 84.2 Å². The lowest BCUT2D eigenvalue weighted by Gasteiger charge is -2.27. The highest BCUT2D eigenvalue weighted by Gasteiger charge is 2.64. The number of aromatic nitrogens is 1. The molecule has 1 N–H and O–H groups in total. The molecule has 4 aromatic rings. The third-order valence-corrected chi connectivity index (χ3v) is 14.4. The summed E-state index contributed by atoms with van der Waals surface area (Å²) in [4.78, 5) is 33.2. The number of fused-ring (bicyclic) bond motifs is 8. The molecule has 53 heavy (non-hydrogen) atoms. The third kappa shape index (κ3) is 5.86. The van der Waals surface area contributed by atoms with Gasteiger partial charge < -0.3 is 14.2 Å². The van der Waals surface area contributed by atoms with E-state index in [4.69, 9.17) is 4.74 Å². The maximum absolute atomic E-state index is 15.1. The molecule has 2 saturated carbocycles. The van der Waals surface area contributed by atoms with Crippen LogP contribution < -0.4 is 9.46 Å². The van der Waals surface area contributed by atoms with Gasteiger partial charge in [-0.3, -0.25) is 14.5 Å². The molecular weight excluding hydrogens is 687 g/mol. The van der Waals surface area contributed by atoms with Crippen molar-refractivity contribution in [2.75, 3.05) is 47.4 Å². The van der Waals surface area contributed by atoms with E-state index in [0.29, 0.717) is 24.3 Å². The van der Waals surface area contributed by atoms with Crippen LogP contribution in [0.4, 0.5) is 0 Å². The van der Waals surface area contributed by atoms with Gasteiger partial charge in [0, 0.05) is 81.3 Å². The van der Waals surface area contributed by atoms with Crippen molar-refractivity contribution in [1.29, 1.82) is 0 Å². The van der Waals surface area contributed by atoms with Crippen molar-refractivity contribution in [3.8, 4) is 17.0 Å². The van der Waals surface area contributed by atoms with Crippen LogP contribution in [0.15, 0.2) is 66.7 Å². The first-order valence-corrected chi connectivity index (χ1v) is 20.6. The molecule has 4 heterocycles. The molecule has 9 rings (SSSR count). The summed E-state index contributed by atoms with van der Waals surface area (Å²) in [6.45, 7) is 5.03. The molecule has 4 atom stereocenters. The van der Waals surface area contributed by atoms with Gasteiger partial charge in [0.15, 0.2) is 0 Å². The first-order chi connectivity index (χ1) is 25.6. The molecule has 11 heteroatoms. The summed E-state index contributed by atoms with van der Waals surface area (Å²) < 4.78 is 36.6. The molecule has 3 aliphatic heterocycles. The summed E-state index contributed by atoms with van der Waals surface area (Å²) in [5.41, 5.74) is 6.60. The SMILES string of the molecule is COc1ccc2c(c1)C1CC1(C(=O)N1C[C@H]3CN(Cc4ccccc4)C[C@H]3C1)Cn1c-2c(C2CCCCC2)c2ccc(C(=O)NS(=O)(=O)N(C)C)cc21. The highest BCUT2D eigenvalue weighted by atomic mass is 32.2. The van der Waals surface area contributed by atoms with Crippen LogP contribution in [0.1, 0.15) is 77.4 Å². The molecular formula is C42H49N5O5S. The molecule has 4 fully saturated rings. The Labute approximate surface area is 312 Å². The summed E-state index contributed by atoms with van der Waals surface area (Å²) in [5.74, 6) is 1.69. The first-order valence-electron chi connectivity index (χ1n) is 19.2. The van der Waals surface area contributed by atoms with Crippen molar-refractivity contribution in [1.82, 2.24) is 23.4 Å². The van der Waals surface area contributed by atoms with Crippen LogP contribution in [0.25, 0.3) is 22.2 Å². The van der Waals surface area contributed by atoms with Crippen molar-refractivity contribution >= 4 is 32.9 Å². The Kier molecular flexibility index (Phi) is 8.47. The summed E-state index contributed by atoms with van der Waals surface area (Å²) in [6, 6.07) is 22.6. The average molecular weight is 736 g/mol. The van der Waals surface area contributed by atoms with Crippen molar-refractivity contribution in [2.24, 2.45) is 17.3 Å². The van der Waals surface area contributed by atoms with Gasteiger partial charge in [-0.15, -0.1) is 0 Å². The lowest BCUT2D eigenvalue weighted by Crippen LogP contribution is -2.40. The smallest absolute Gasteiger partial charge is 0.303 e. The van der Waals surface area contributed by atoms with E-state index in [1.165, 1.54) is 50.0 Å². The standard InChI is InChI=1S/C42H49N5O5S/c1-44(2)53(50,51)43-40(48)29-14-16-34-37(18-29)47-26-42(41(49)46-24-30-22-45(23-31(30)25-46)21-27-10-6-4-7-11-27)20-36(42)35-19-32(52-3)15-17-33(35)39(47)38(34)28-12-8-5-9-13-28/h4,6-7,10-11,14-19,28,30-31,36H,5,8-9,12-13,20-26H2,1-3H3,(H,43,48)/t30-,31+,36?,42?. The number of likely N-dealkylation sites (tertiary alicyclic amines) is 2. The molecule has 3 aromatic carbocycles. The number of hydrogen-bond acceptors (Lipinski definition) is 6. The highest BCUT2D eigenvalue weighted by Crippen LogP contribution is 2.66. The Morgan fingerprint density at radius 2 is 1.66 bits per heavy atom. The summed E-state index contributed by atoms with van der Waals surface area (Å²) in [5, 5.41) is 1.08. The van der Waals surface area contributed by atoms with Gasteiger partial charge in [0.25, 0.3) is 5.91 Å². The van der Waals surface area contributed by atoms with Crippen LogP contribution in [0.3, 0.4) is 0 Å². The van der Waals surface area contributed by atoms with Gasteiger partial charge in [-0.1, -0.05) is 55.7 Å². The first kappa shape index (κ1) is 34.6. The van der Waals surface area contributed by atoms with Crippen LogP contribution in [0.5, 0.6) is 5.75 Å². The number of benzene rings is 3. The van der Waals surface area contributed by atoms with Crippen LogP contribution >= 0.6 is 0 Å². The molecule has 0 bridgehead atoms. The van der Waals surface area contributed by atoms with Gasteiger partial charge in [-0.2, -0.15) is 12.7 Å². The van der Waals surface area contributed by atoms with Gasteiger partial charge in [-0.25, -0.2) is 4.72 Å². The molecule has 5 aliphatic rings. The molecule has 278 valence electrons. The average Bonchev–Trinajstić information content (AvgIpc) is 3.41. The number of hydrogen-bond donors (Lipinski definition) is 1.